The summed E-state index contributed by atoms with van der Waals surface area (Å²) in [5.41, 5.74) is 0.244. The van der Waals surface area contributed by atoms with Crippen molar-refractivity contribution in [3.05, 3.63) is 30.1 Å². The van der Waals surface area contributed by atoms with Crippen molar-refractivity contribution in [1.29, 1.82) is 0 Å². The fourth-order valence-corrected chi connectivity index (χ4v) is 2.87. The molecular formula is C16H17F3N4O2. The van der Waals surface area contributed by atoms with Gasteiger partial charge >= 0.3 is 12.3 Å². The highest BCUT2D eigenvalue weighted by Crippen LogP contribution is 2.32. The number of para-hydroxylation sites is 1. The third-order valence-corrected chi connectivity index (χ3v) is 4.06. The molecule has 3 rings (SSSR count). The highest BCUT2D eigenvalue weighted by atomic mass is 19.4. The second-order valence-electron chi connectivity index (χ2n) is 5.68. The maximum atomic E-state index is 13.1. The van der Waals surface area contributed by atoms with E-state index < -0.39 is 18.1 Å². The summed E-state index contributed by atoms with van der Waals surface area (Å²) in [7, 11) is 1.30. The summed E-state index contributed by atoms with van der Waals surface area (Å²) in [6, 6.07) is 6.61. The summed E-state index contributed by atoms with van der Waals surface area (Å²) in [6.45, 7) is 1.70. The summed E-state index contributed by atoms with van der Waals surface area (Å²) >= 11 is 0. The van der Waals surface area contributed by atoms with Crippen LogP contribution in [0.4, 0.5) is 23.8 Å². The quantitative estimate of drug-likeness (QED) is 0.788. The first-order valence-corrected chi connectivity index (χ1v) is 7.82. The van der Waals surface area contributed by atoms with E-state index in [1.54, 1.807) is 23.1 Å². The Hall–Kier alpha value is -2.58. The molecule has 9 heteroatoms. The second kappa shape index (κ2) is 6.73. The molecule has 0 saturated carbocycles. The van der Waals surface area contributed by atoms with Crippen LogP contribution in [0.3, 0.4) is 0 Å². The van der Waals surface area contributed by atoms with Crippen molar-refractivity contribution < 1.29 is 22.7 Å². The lowest BCUT2D eigenvalue weighted by Gasteiger charge is -2.24. The van der Waals surface area contributed by atoms with Crippen molar-refractivity contribution in [2.24, 2.45) is 0 Å². The molecule has 0 bridgehead atoms. The summed E-state index contributed by atoms with van der Waals surface area (Å²) in [4.78, 5) is 22.4. The van der Waals surface area contributed by atoms with Crippen molar-refractivity contribution in [3.8, 4) is 0 Å². The molecule has 1 aromatic carbocycles. The fraction of sp³-hybridized carbons (Fsp3) is 0.438. The maximum Gasteiger partial charge on any atom is 0.451 e. The van der Waals surface area contributed by atoms with Crippen LogP contribution in [-0.4, -0.2) is 54.2 Å². The van der Waals surface area contributed by atoms with Gasteiger partial charge in [0.2, 0.25) is 5.82 Å². The van der Waals surface area contributed by atoms with Crippen molar-refractivity contribution in [3.63, 3.8) is 0 Å². The zero-order chi connectivity index (χ0) is 18.0. The van der Waals surface area contributed by atoms with Crippen LogP contribution >= 0.6 is 0 Å². The standard InChI is InChI=1S/C16H17F3N4O2/c1-25-15(24)23-8-4-7-22(9-10-23)13-11-5-2-3-6-12(11)20-14(21-13)16(17,18)19/h2-3,5-6H,4,7-10H2,1H3. The highest BCUT2D eigenvalue weighted by molar-refractivity contribution is 5.89. The van der Waals surface area contributed by atoms with E-state index in [-0.39, 0.29) is 11.3 Å². The third-order valence-electron chi connectivity index (χ3n) is 4.06. The van der Waals surface area contributed by atoms with Gasteiger partial charge in [-0.1, -0.05) is 12.1 Å². The summed E-state index contributed by atoms with van der Waals surface area (Å²) in [5, 5.41) is 0.557. The predicted molar refractivity (Wildman–Crippen MR) is 85.3 cm³/mol. The monoisotopic (exact) mass is 354 g/mol. The number of carbonyl (C=O) groups excluding carboxylic acids is 1. The lowest BCUT2D eigenvalue weighted by molar-refractivity contribution is -0.144. The minimum atomic E-state index is -4.62. The van der Waals surface area contributed by atoms with Gasteiger partial charge in [0.15, 0.2) is 0 Å². The number of benzene rings is 1. The van der Waals surface area contributed by atoms with E-state index >= 15 is 0 Å². The minimum Gasteiger partial charge on any atom is -0.453 e. The van der Waals surface area contributed by atoms with Gasteiger partial charge in [-0.2, -0.15) is 13.2 Å². The number of hydrogen-bond donors (Lipinski definition) is 0. The first kappa shape index (κ1) is 17.2. The molecule has 0 aliphatic carbocycles. The first-order chi connectivity index (χ1) is 11.9. The molecule has 1 amide bonds. The molecule has 0 N–H and O–H groups in total. The van der Waals surface area contributed by atoms with E-state index in [9.17, 15) is 18.0 Å². The van der Waals surface area contributed by atoms with Crippen LogP contribution in [0.1, 0.15) is 12.2 Å². The average Bonchev–Trinajstić information content (AvgIpc) is 2.85. The Morgan fingerprint density at radius 1 is 1.12 bits per heavy atom. The Morgan fingerprint density at radius 2 is 1.88 bits per heavy atom. The topological polar surface area (TPSA) is 58.6 Å². The van der Waals surface area contributed by atoms with Crippen molar-refractivity contribution >= 4 is 22.8 Å². The largest absolute Gasteiger partial charge is 0.453 e. The lowest BCUT2D eigenvalue weighted by atomic mass is 10.2. The molecule has 1 aliphatic heterocycles. The van der Waals surface area contributed by atoms with Gasteiger partial charge in [-0.25, -0.2) is 14.8 Å². The van der Waals surface area contributed by atoms with E-state index in [0.717, 1.165) is 0 Å². The number of carbonyl (C=O) groups is 1. The van der Waals surface area contributed by atoms with Gasteiger partial charge in [0.05, 0.1) is 12.6 Å². The van der Waals surface area contributed by atoms with Crippen LogP contribution in [0, 0.1) is 0 Å². The fourth-order valence-electron chi connectivity index (χ4n) is 2.87. The number of aromatic nitrogens is 2. The molecule has 1 aliphatic rings. The molecule has 2 aromatic rings. The predicted octanol–water partition coefficient (Wildman–Crippen LogP) is 2.93. The second-order valence-corrected chi connectivity index (χ2v) is 5.68. The van der Waals surface area contributed by atoms with Crippen molar-refractivity contribution in [2.45, 2.75) is 12.6 Å². The number of methoxy groups -OCH3 is 1. The van der Waals surface area contributed by atoms with E-state index in [1.165, 1.54) is 18.1 Å². The molecular weight excluding hydrogens is 337 g/mol. The third kappa shape index (κ3) is 3.59. The van der Waals surface area contributed by atoms with Gasteiger partial charge < -0.3 is 14.5 Å². The van der Waals surface area contributed by atoms with Crippen LogP contribution in [0.2, 0.25) is 0 Å². The SMILES string of the molecule is COC(=O)N1CCCN(c2nc(C(F)(F)F)nc3ccccc23)CC1. The number of alkyl halides is 3. The number of ether oxygens (including phenoxy) is 1. The van der Waals surface area contributed by atoms with Gasteiger partial charge in [-0.05, 0) is 18.6 Å². The Morgan fingerprint density at radius 3 is 2.60 bits per heavy atom. The summed E-state index contributed by atoms with van der Waals surface area (Å²) in [6.07, 6.45) is -4.46. The van der Waals surface area contributed by atoms with Crippen LogP contribution in [0.5, 0.6) is 0 Å². The smallest absolute Gasteiger partial charge is 0.451 e. The Labute approximate surface area is 142 Å². The molecule has 6 nitrogen and oxygen atoms in total. The summed E-state index contributed by atoms with van der Waals surface area (Å²) in [5.74, 6) is -0.917. The van der Waals surface area contributed by atoms with Crippen LogP contribution < -0.4 is 4.90 Å². The zero-order valence-electron chi connectivity index (χ0n) is 13.6. The van der Waals surface area contributed by atoms with Crippen LogP contribution in [0.15, 0.2) is 24.3 Å². The van der Waals surface area contributed by atoms with Gasteiger partial charge in [0.1, 0.15) is 5.82 Å². The normalized spacial score (nSPS) is 16.0. The number of fused-ring (bicyclic) bond motifs is 1. The molecule has 0 spiro atoms. The minimum absolute atomic E-state index is 0.240. The molecule has 1 aromatic heterocycles. The molecule has 2 heterocycles. The number of nitrogens with zero attached hydrogens (tertiary/aromatic N) is 4. The van der Waals surface area contributed by atoms with Gasteiger partial charge in [0.25, 0.3) is 0 Å². The summed E-state index contributed by atoms with van der Waals surface area (Å²) < 4.78 is 44.1. The number of rotatable bonds is 1. The molecule has 1 saturated heterocycles. The maximum absolute atomic E-state index is 13.1. The van der Waals surface area contributed by atoms with E-state index in [2.05, 4.69) is 9.97 Å². The van der Waals surface area contributed by atoms with Gasteiger partial charge in [-0.3, -0.25) is 0 Å². The van der Waals surface area contributed by atoms with Gasteiger partial charge in [-0.15, -0.1) is 0 Å². The number of hydrogen-bond acceptors (Lipinski definition) is 5. The lowest BCUT2D eigenvalue weighted by Crippen LogP contribution is -2.35. The number of halogens is 3. The number of amides is 1. The van der Waals surface area contributed by atoms with E-state index in [0.29, 0.717) is 38.0 Å². The Balaban J connectivity index is 1.98. The average molecular weight is 354 g/mol. The Bertz CT molecular complexity index is 782. The molecule has 0 atom stereocenters. The van der Waals surface area contributed by atoms with Crippen molar-refractivity contribution in [1.82, 2.24) is 14.9 Å². The zero-order valence-corrected chi connectivity index (χ0v) is 13.6. The van der Waals surface area contributed by atoms with Gasteiger partial charge in [0, 0.05) is 31.6 Å². The van der Waals surface area contributed by atoms with Crippen LogP contribution in [-0.2, 0) is 10.9 Å². The number of anilines is 1. The Kier molecular flexibility index (Phi) is 4.65. The molecule has 1 fully saturated rings. The molecule has 0 unspecified atom stereocenters. The highest BCUT2D eigenvalue weighted by Gasteiger charge is 2.36. The van der Waals surface area contributed by atoms with E-state index in [4.69, 9.17) is 4.74 Å². The van der Waals surface area contributed by atoms with Crippen LogP contribution in [0.25, 0.3) is 10.9 Å². The van der Waals surface area contributed by atoms with E-state index in [1.807, 2.05) is 0 Å². The first-order valence-electron chi connectivity index (χ1n) is 7.82. The molecule has 0 radical (unpaired) electrons. The molecule has 134 valence electrons. The van der Waals surface area contributed by atoms with Crippen molar-refractivity contribution in [2.75, 3.05) is 38.2 Å². The molecule has 25 heavy (non-hydrogen) atoms.